The molecule has 2 N–H and O–H groups in total. The van der Waals surface area contributed by atoms with Gasteiger partial charge in [-0.3, -0.25) is 4.79 Å². The molecule has 0 aliphatic heterocycles. The monoisotopic (exact) mass is 337 g/mol. The first-order chi connectivity index (χ1) is 12.1. The summed E-state index contributed by atoms with van der Waals surface area (Å²) in [6.45, 7) is 0.320. The van der Waals surface area contributed by atoms with Crippen LogP contribution in [0.2, 0.25) is 0 Å². The molecule has 0 atom stereocenters. The van der Waals surface area contributed by atoms with Gasteiger partial charge < -0.3 is 19.9 Å². The largest absolute Gasteiger partial charge is 0.497 e. The number of aromatic nitrogens is 1. The molecular weight excluding hydrogens is 318 g/mol. The van der Waals surface area contributed by atoms with Gasteiger partial charge in [0, 0.05) is 42.3 Å². The van der Waals surface area contributed by atoms with Crippen LogP contribution in [0.15, 0.2) is 59.4 Å². The molecule has 1 heterocycles. The minimum atomic E-state index is -0.266. The standard InChI is InChI=1S/C19H19N3O3/c1-22(19(24)20-14-6-5-7-15(11-14)25-2)12-13-10-18(23)21-17-9-4-3-8-16(13)17/h3-11H,12H2,1-2H3,(H,20,24)(H,21,23). The van der Waals surface area contributed by atoms with E-state index in [0.717, 1.165) is 16.5 Å². The van der Waals surface area contributed by atoms with E-state index in [9.17, 15) is 9.59 Å². The predicted octanol–water partition coefficient (Wildman–Crippen LogP) is 3.20. The summed E-state index contributed by atoms with van der Waals surface area (Å²) in [5.41, 5.74) is 2.01. The molecule has 0 saturated heterocycles. The van der Waals surface area contributed by atoms with Gasteiger partial charge >= 0.3 is 6.03 Å². The van der Waals surface area contributed by atoms with Crippen molar-refractivity contribution in [1.29, 1.82) is 0 Å². The van der Waals surface area contributed by atoms with Crippen molar-refractivity contribution in [1.82, 2.24) is 9.88 Å². The highest BCUT2D eigenvalue weighted by molar-refractivity contribution is 5.90. The van der Waals surface area contributed by atoms with Crippen LogP contribution < -0.4 is 15.6 Å². The van der Waals surface area contributed by atoms with E-state index in [0.29, 0.717) is 18.0 Å². The summed E-state index contributed by atoms with van der Waals surface area (Å²) in [5, 5.41) is 3.74. The molecule has 0 saturated carbocycles. The van der Waals surface area contributed by atoms with E-state index in [1.807, 2.05) is 30.3 Å². The molecule has 25 heavy (non-hydrogen) atoms. The van der Waals surface area contributed by atoms with Crippen LogP contribution in [0.5, 0.6) is 5.75 Å². The van der Waals surface area contributed by atoms with Gasteiger partial charge in [0.05, 0.1) is 7.11 Å². The number of pyridine rings is 1. The molecule has 0 radical (unpaired) electrons. The number of urea groups is 1. The number of aromatic amines is 1. The fraction of sp³-hybridized carbons (Fsp3) is 0.158. The summed E-state index contributed by atoms with van der Waals surface area (Å²) in [7, 11) is 3.26. The van der Waals surface area contributed by atoms with Gasteiger partial charge in [0.25, 0.3) is 0 Å². The molecule has 0 fully saturated rings. The molecule has 0 aliphatic carbocycles. The van der Waals surface area contributed by atoms with E-state index in [4.69, 9.17) is 4.74 Å². The number of nitrogens with zero attached hydrogens (tertiary/aromatic N) is 1. The Morgan fingerprint density at radius 2 is 1.96 bits per heavy atom. The number of hydrogen-bond donors (Lipinski definition) is 2. The fourth-order valence-corrected chi connectivity index (χ4v) is 2.65. The number of H-pyrrole nitrogens is 1. The predicted molar refractivity (Wildman–Crippen MR) is 98.0 cm³/mol. The van der Waals surface area contributed by atoms with Crippen LogP contribution in [-0.2, 0) is 6.54 Å². The molecule has 1 aromatic heterocycles. The molecule has 0 spiro atoms. The highest BCUT2D eigenvalue weighted by Crippen LogP contribution is 2.19. The van der Waals surface area contributed by atoms with Crippen LogP contribution >= 0.6 is 0 Å². The van der Waals surface area contributed by atoms with Crippen molar-refractivity contribution < 1.29 is 9.53 Å². The summed E-state index contributed by atoms with van der Waals surface area (Å²) < 4.78 is 5.15. The average molecular weight is 337 g/mol. The second-order valence-electron chi connectivity index (χ2n) is 5.72. The minimum absolute atomic E-state index is 0.185. The van der Waals surface area contributed by atoms with Gasteiger partial charge in [0.15, 0.2) is 0 Å². The van der Waals surface area contributed by atoms with Crippen molar-refractivity contribution in [3.63, 3.8) is 0 Å². The van der Waals surface area contributed by atoms with Crippen LogP contribution in [0.1, 0.15) is 5.56 Å². The fourth-order valence-electron chi connectivity index (χ4n) is 2.65. The van der Waals surface area contributed by atoms with Crippen molar-refractivity contribution in [3.8, 4) is 5.75 Å². The number of carbonyl (C=O) groups excluding carboxylic acids is 1. The van der Waals surface area contributed by atoms with Crippen molar-refractivity contribution in [2.75, 3.05) is 19.5 Å². The average Bonchev–Trinajstić information content (AvgIpc) is 2.61. The Morgan fingerprint density at radius 1 is 1.16 bits per heavy atom. The lowest BCUT2D eigenvalue weighted by atomic mass is 10.1. The van der Waals surface area contributed by atoms with Gasteiger partial charge in [0.1, 0.15) is 5.75 Å². The number of carbonyl (C=O) groups is 1. The highest BCUT2D eigenvalue weighted by atomic mass is 16.5. The van der Waals surface area contributed by atoms with Gasteiger partial charge in [0.2, 0.25) is 5.56 Å². The number of amides is 2. The maximum Gasteiger partial charge on any atom is 0.321 e. The molecule has 0 aliphatic rings. The number of rotatable bonds is 4. The summed E-state index contributed by atoms with van der Waals surface area (Å²) in [6.07, 6.45) is 0. The maximum atomic E-state index is 12.4. The molecule has 2 amide bonds. The summed E-state index contributed by atoms with van der Waals surface area (Å²) in [5.74, 6) is 0.668. The molecular formula is C19H19N3O3. The van der Waals surface area contributed by atoms with Crippen LogP contribution in [0.4, 0.5) is 10.5 Å². The number of fused-ring (bicyclic) bond motifs is 1. The molecule has 128 valence electrons. The Hall–Kier alpha value is -3.28. The SMILES string of the molecule is COc1cccc(NC(=O)N(C)Cc2cc(=O)[nH]c3ccccc23)c1. The maximum absolute atomic E-state index is 12.4. The van der Waals surface area contributed by atoms with Crippen LogP contribution in [-0.4, -0.2) is 30.1 Å². The normalized spacial score (nSPS) is 10.5. The summed E-state index contributed by atoms with van der Waals surface area (Å²) in [6, 6.07) is 15.9. The van der Waals surface area contributed by atoms with E-state index in [-0.39, 0.29) is 11.6 Å². The van der Waals surface area contributed by atoms with Crippen LogP contribution in [0.25, 0.3) is 10.9 Å². The van der Waals surface area contributed by atoms with Gasteiger partial charge in [-0.1, -0.05) is 24.3 Å². The Kier molecular flexibility index (Phi) is 4.70. The number of benzene rings is 2. The minimum Gasteiger partial charge on any atom is -0.497 e. The number of para-hydroxylation sites is 1. The third-order valence-corrected chi connectivity index (χ3v) is 3.91. The lowest BCUT2D eigenvalue weighted by Gasteiger charge is -2.19. The second kappa shape index (κ2) is 7.09. The summed E-state index contributed by atoms with van der Waals surface area (Å²) >= 11 is 0. The number of nitrogens with one attached hydrogen (secondary N) is 2. The Labute approximate surface area is 145 Å². The molecule has 6 heteroatoms. The van der Waals surface area contributed by atoms with Crippen LogP contribution in [0, 0.1) is 0 Å². The van der Waals surface area contributed by atoms with Crippen molar-refractivity contribution in [2.24, 2.45) is 0 Å². The number of hydrogen-bond acceptors (Lipinski definition) is 3. The third kappa shape index (κ3) is 3.80. The molecule has 0 unspecified atom stereocenters. The lowest BCUT2D eigenvalue weighted by Crippen LogP contribution is -2.31. The van der Waals surface area contributed by atoms with E-state index in [2.05, 4.69) is 10.3 Å². The first-order valence-corrected chi connectivity index (χ1v) is 7.84. The smallest absolute Gasteiger partial charge is 0.321 e. The molecule has 0 bridgehead atoms. The van der Waals surface area contributed by atoms with Crippen molar-refractivity contribution >= 4 is 22.6 Å². The van der Waals surface area contributed by atoms with E-state index < -0.39 is 0 Å². The topological polar surface area (TPSA) is 74.4 Å². The number of ether oxygens (including phenoxy) is 1. The summed E-state index contributed by atoms with van der Waals surface area (Å²) in [4.78, 5) is 28.6. The van der Waals surface area contributed by atoms with Gasteiger partial charge in [-0.05, 0) is 23.8 Å². The highest BCUT2D eigenvalue weighted by Gasteiger charge is 2.12. The van der Waals surface area contributed by atoms with E-state index in [1.165, 1.54) is 11.0 Å². The molecule has 2 aromatic carbocycles. The zero-order chi connectivity index (χ0) is 17.8. The van der Waals surface area contributed by atoms with Gasteiger partial charge in [-0.2, -0.15) is 0 Å². The first kappa shape index (κ1) is 16.6. The molecule has 3 aromatic rings. The molecule has 6 nitrogen and oxygen atoms in total. The first-order valence-electron chi connectivity index (χ1n) is 7.84. The van der Waals surface area contributed by atoms with Gasteiger partial charge in [-0.25, -0.2) is 4.79 Å². The number of anilines is 1. The zero-order valence-electron chi connectivity index (χ0n) is 14.1. The van der Waals surface area contributed by atoms with Crippen molar-refractivity contribution in [2.45, 2.75) is 6.54 Å². The Balaban J connectivity index is 1.79. The van der Waals surface area contributed by atoms with Crippen molar-refractivity contribution in [3.05, 3.63) is 70.5 Å². The quantitative estimate of drug-likeness (QED) is 0.768. The van der Waals surface area contributed by atoms with E-state index in [1.54, 1.807) is 32.4 Å². The van der Waals surface area contributed by atoms with Crippen LogP contribution in [0.3, 0.4) is 0 Å². The third-order valence-electron chi connectivity index (χ3n) is 3.91. The number of methoxy groups -OCH3 is 1. The Bertz CT molecular complexity index is 965. The second-order valence-corrected chi connectivity index (χ2v) is 5.72. The van der Waals surface area contributed by atoms with E-state index >= 15 is 0 Å². The zero-order valence-corrected chi connectivity index (χ0v) is 14.1. The Morgan fingerprint density at radius 3 is 2.76 bits per heavy atom. The lowest BCUT2D eigenvalue weighted by molar-refractivity contribution is 0.221. The molecule has 3 rings (SSSR count). The van der Waals surface area contributed by atoms with Gasteiger partial charge in [-0.15, -0.1) is 0 Å².